The second-order valence-corrected chi connectivity index (χ2v) is 5.86. The molecule has 0 spiro atoms. The number of methoxy groups -OCH3 is 1. The van der Waals surface area contributed by atoms with Crippen LogP contribution in [0.4, 0.5) is 5.82 Å². The maximum absolute atomic E-state index is 9.42. The van der Waals surface area contributed by atoms with Gasteiger partial charge in [-0.25, -0.2) is 4.68 Å². The number of nitrogens with two attached hydrogens (primary N) is 2. The highest BCUT2D eigenvalue weighted by molar-refractivity contribution is 5.77. The van der Waals surface area contributed by atoms with E-state index in [1.807, 2.05) is 31.2 Å². The van der Waals surface area contributed by atoms with E-state index in [1.54, 1.807) is 11.8 Å². The molecule has 0 aliphatic carbocycles. The van der Waals surface area contributed by atoms with Crippen molar-refractivity contribution < 1.29 is 4.74 Å². The maximum atomic E-state index is 9.42. The fourth-order valence-corrected chi connectivity index (χ4v) is 2.44. The zero-order valence-corrected chi connectivity index (χ0v) is 15.2. The molecule has 1 aromatic heterocycles. The van der Waals surface area contributed by atoms with E-state index >= 15 is 0 Å². The minimum atomic E-state index is 0.357. The molecule has 0 saturated carbocycles. The number of hydrogen-bond acceptors (Lipinski definition) is 5. The molecule has 0 saturated heterocycles. The molecule has 2 aromatic rings. The number of nitrogen functional groups attached to an aromatic ring is 1. The van der Waals surface area contributed by atoms with E-state index in [1.165, 1.54) is 0 Å². The van der Waals surface area contributed by atoms with E-state index in [4.69, 9.17) is 16.2 Å². The van der Waals surface area contributed by atoms with Gasteiger partial charge in [-0.15, -0.1) is 0 Å². The summed E-state index contributed by atoms with van der Waals surface area (Å²) in [5, 5.41) is 16.9. The Morgan fingerprint density at radius 3 is 2.77 bits per heavy atom. The van der Waals surface area contributed by atoms with Crippen LogP contribution in [0, 0.1) is 18.3 Å². The van der Waals surface area contributed by atoms with Gasteiger partial charge in [0.15, 0.2) is 5.96 Å². The van der Waals surface area contributed by atoms with E-state index in [9.17, 15) is 5.26 Å². The molecule has 0 bridgehead atoms. The molecule has 1 aromatic carbocycles. The van der Waals surface area contributed by atoms with Crippen LogP contribution in [0.2, 0.25) is 0 Å². The number of aryl methyl sites for hydroxylation is 2. The van der Waals surface area contributed by atoms with Crippen molar-refractivity contribution in [3.8, 4) is 11.8 Å². The molecule has 0 unspecified atom stereocenters. The Bertz CT molecular complexity index is 787. The van der Waals surface area contributed by atoms with Crippen molar-refractivity contribution in [1.29, 1.82) is 5.26 Å². The van der Waals surface area contributed by atoms with Crippen LogP contribution < -0.4 is 16.8 Å². The lowest BCUT2D eigenvalue weighted by atomic mass is 10.1. The van der Waals surface area contributed by atoms with Crippen LogP contribution in [-0.4, -0.2) is 42.5 Å². The predicted molar refractivity (Wildman–Crippen MR) is 102 cm³/mol. The minimum Gasteiger partial charge on any atom is -0.383 e. The molecule has 8 heteroatoms. The van der Waals surface area contributed by atoms with E-state index in [-0.39, 0.29) is 0 Å². The Morgan fingerprint density at radius 2 is 2.12 bits per heavy atom. The van der Waals surface area contributed by atoms with Gasteiger partial charge in [-0.2, -0.15) is 10.4 Å². The molecule has 26 heavy (non-hydrogen) atoms. The van der Waals surface area contributed by atoms with Crippen LogP contribution >= 0.6 is 0 Å². The summed E-state index contributed by atoms with van der Waals surface area (Å²) in [7, 11) is 1.63. The quantitative estimate of drug-likeness (QED) is 0.370. The lowest BCUT2D eigenvalue weighted by Gasteiger charge is -2.04. The summed E-state index contributed by atoms with van der Waals surface area (Å²) in [6.07, 6.45) is 1.31. The first-order valence-corrected chi connectivity index (χ1v) is 8.44. The number of ether oxygens (including phenoxy) is 1. The Balaban J connectivity index is 2.01. The van der Waals surface area contributed by atoms with Gasteiger partial charge >= 0.3 is 0 Å². The van der Waals surface area contributed by atoms with Gasteiger partial charge in [-0.1, -0.05) is 17.7 Å². The molecule has 0 atom stereocenters. The molecular formula is C18H25N7O. The van der Waals surface area contributed by atoms with Gasteiger partial charge in [0.1, 0.15) is 17.5 Å². The van der Waals surface area contributed by atoms with Crippen LogP contribution in [-0.2, 0) is 11.2 Å². The van der Waals surface area contributed by atoms with Gasteiger partial charge in [0.2, 0.25) is 0 Å². The van der Waals surface area contributed by atoms with Gasteiger partial charge in [-0.05, 0) is 31.9 Å². The fraction of sp³-hybridized carbons (Fsp3) is 0.389. The van der Waals surface area contributed by atoms with Gasteiger partial charge in [-0.3, -0.25) is 4.99 Å². The smallest absolute Gasteiger partial charge is 0.188 e. The third-order valence-electron chi connectivity index (χ3n) is 3.85. The topological polar surface area (TPSA) is 127 Å². The first kappa shape index (κ1) is 19.3. The van der Waals surface area contributed by atoms with Crippen LogP contribution in [0.25, 0.3) is 5.69 Å². The molecule has 0 radical (unpaired) electrons. The van der Waals surface area contributed by atoms with Crippen molar-refractivity contribution in [3.63, 3.8) is 0 Å². The monoisotopic (exact) mass is 355 g/mol. The number of hydrogen-bond donors (Lipinski definition) is 3. The third kappa shape index (κ3) is 4.97. The zero-order chi connectivity index (χ0) is 18.9. The van der Waals surface area contributed by atoms with Crippen molar-refractivity contribution in [2.24, 2.45) is 10.7 Å². The summed E-state index contributed by atoms with van der Waals surface area (Å²) < 4.78 is 6.54. The molecule has 2 rings (SSSR count). The standard InChI is InChI=1S/C18H25N7O/c1-13-5-7-14(8-6-13)25-17(20)15(12-19)16(24-25)4-3-9-22-18(21)23-10-11-26-2/h5-8H,3-4,9-11,20H2,1-2H3,(H3,21,22,23). The molecule has 8 nitrogen and oxygen atoms in total. The minimum absolute atomic E-state index is 0.357. The SMILES string of the molecule is COCCNC(N)=NCCCc1nn(-c2ccc(C)cc2)c(N)c1C#N. The second-order valence-electron chi connectivity index (χ2n) is 5.86. The summed E-state index contributed by atoms with van der Waals surface area (Å²) in [4.78, 5) is 4.24. The molecule has 0 aliphatic rings. The Morgan fingerprint density at radius 1 is 1.38 bits per heavy atom. The Labute approximate surface area is 153 Å². The first-order valence-electron chi connectivity index (χ1n) is 8.44. The molecule has 5 N–H and O–H groups in total. The second kappa shape index (κ2) is 9.44. The maximum Gasteiger partial charge on any atom is 0.188 e. The molecule has 0 fully saturated rings. The number of nitriles is 1. The number of anilines is 1. The highest BCUT2D eigenvalue weighted by Gasteiger charge is 2.16. The molecule has 0 amide bonds. The van der Waals surface area contributed by atoms with Gasteiger partial charge in [0.25, 0.3) is 0 Å². The molecule has 0 aliphatic heterocycles. The average Bonchev–Trinajstić information content (AvgIpc) is 2.95. The largest absolute Gasteiger partial charge is 0.383 e. The third-order valence-corrected chi connectivity index (χ3v) is 3.85. The summed E-state index contributed by atoms with van der Waals surface area (Å²) in [5.74, 6) is 0.739. The highest BCUT2D eigenvalue weighted by atomic mass is 16.5. The molecule has 1 heterocycles. The molecule has 138 valence electrons. The number of aromatic nitrogens is 2. The van der Waals surface area contributed by atoms with Crippen molar-refractivity contribution in [2.45, 2.75) is 19.8 Å². The van der Waals surface area contributed by atoms with Crippen molar-refractivity contribution in [2.75, 3.05) is 32.5 Å². The van der Waals surface area contributed by atoms with E-state index < -0.39 is 0 Å². The average molecular weight is 355 g/mol. The van der Waals surface area contributed by atoms with E-state index in [0.717, 1.165) is 11.3 Å². The number of guanidine groups is 1. The van der Waals surface area contributed by atoms with Crippen molar-refractivity contribution in [3.05, 3.63) is 41.1 Å². The number of nitrogens with one attached hydrogen (secondary N) is 1. The van der Waals surface area contributed by atoms with Crippen molar-refractivity contribution in [1.82, 2.24) is 15.1 Å². The van der Waals surface area contributed by atoms with E-state index in [0.29, 0.717) is 55.6 Å². The molecular weight excluding hydrogens is 330 g/mol. The van der Waals surface area contributed by atoms with Crippen LogP contribution in [0.3, 0.4) is 0 Å². The normalized spacial score (nSPS) is 11.3. The summed E-state index contributed by atoms with van der Waals surface area (Å²) in [5.41, 5.74) is 14.9. The fourth-order valence-electron chi connectivity index (χ4n) is 2.44. The first-order chi connectivity index (χ1) is 12.6. The number of nitrogens with zero attached hydrogens (tertiary/aromatic N) is 4. The Hall–Kier alpha value is -3.05. The van der Waals surface area contributed by atoms with Gasteiger partial charge in [0.05, 0.1) is 18.0 Å². The summed E-state index contributed by atoms with van der Waals surface area (Å²) >= 11 is 0. The van der Waals surface area contributed by atoms with Gasteiger partial charge < -0.3 is 21.5 Å². The summed E-state index contributed by atoms with van der Waals surface area (Å²) in [6, 6.07) is 9.98. The number of benzene rings is 1. The van der Waals surface area contributed by atoms with Crippen LogP contribution in [0.5, 0.6) is 0 Å². The predicted octanol–water partition coefficient (Wildman–Crippen LogP) is 1.12. The Kier molecular flexibility index (Phi) is 7.00. The lowest BCUT2D eigenvalue weighted by Crippen LogP contribution is -2.34. The van der Waals surface area contributed by atoms with Gasteiger partial charge in [0, 0.05) is 20.2 Å². The zero-order valence-electron chi connectivity index (χ0n) is 15.2. The highest BCUT2D eigenvalue weighted by Crippen LogP contribution is 2.21. The van der Waals surface area contributed by atoms with Crippen LogP contribution in [0.15, 0.2) is 29.3 Å². The number of aliphatic imine (C=N–C) groups is 1. The van der Waals surface area contributed by atoms with E-state index in [2.05, 4.69) is 21.5 Å². The van der Waals surface area contributed by atoms with Crippen molar-refractivity contribution >= 4 is 11.8 Å². The summed E-state index contributed by atoms with van der Waals surface area (Å²) in [6.45, 7) is 3.73. The van der Waals surface area contributed by atoms with Crippen LogP contribution in [0.1, 0.15) is 23.2 Å². The lowest BCUT2D eigenvalue weighted by molar-refractivity contribution is 0.204. The number of rotatable bonds is 8.